The number of hydrogen-bond donors (Lipinski definition) is 1. The van der Waals surface area contributed by atoms with Gasteiger partial charge in [-0.2, -0.15) is 0 Å². The highest BCUT2D eigenvalue weighted by molar-refractivity contribution is 6.05. The lowest BCUT2D eigenvalue weighted by atomic mass is 9.98. The third-order valence-corrected chi connectivity index (χ3v) is 4.85. The van der Waals surface area contributed by atoms with Gasteiger partial charge in [0.2, 0.25) is 0 Å². The number of halogens is 3. The lowest BCUT2D eigenvalue weighted by Crippen LogP contribution is -2.18. The van der Waals surface area contributed by atoms with Gasteiger partial charge in [-0.1, -0.05) is 0 Å². The zero-order chi connectivity index (χ0) is 22.9. The van der Waals surface area contributed by atoms with Gasteiger partial charge in [0.25, 0.3) is 5.91 Å². The summed E-state index contributed by atoms with van der Waals surface area (Å²) < 4.78 is 47.4. The monoisotopic (exact) mass is 435 g/mol. The van der Waals surface area contributed by atoms with E-state index in [1.165, 1.54) is 34.9 Å². The number of phenolic OH excluding ortho intramolecular Hbond substituents is 1. The summed E-state index contributed by atoms with van der Waals surface area (Å²) in [6.07, 6.45) is -4.83. The molecular formula is C22H20F3NO5. The van der Waals surface area contributed by atoms with Crippen LogP contribution >= 0.6 is 0 Å². The van der Waals surface area contributed by atoms with Crippen molar-refractivity contribution in [2.75, 3.05) is 6.61 Å². The van der Waals surface area contributed by atoms with E-state index < -0.39 is 29.9 Å². The van der Waals surface area contributed by atoms with E-state index in [1.54, 1.807) is 20.8 Å². The zero-order valence-electron chi connectivity index (χ0n) is 17.0. The Balaban J connectivity index is 2.09. The Morgan fingerprint density at radius 2 is 1.77 bits per heavy atom. The van der Waals surface area contributed by atoms with Gasteiger partial charge < -0.3 is 14.6 Å². The van der Waals surface area contributed by atoms with Gasteiger partial charge in [-0.15, -0.1) is 13.2 Å². The fraction of sp³-hybridized carbons (Fsp3) is 0.273. The summed E-state index contributed by atoms with van der Waals surface area (Å²) in [6, 6.07) is 8.96. The van der Waals surface area contributed by atoms with E-state index in [0.717, 1.165) is 12.1 Å². The number of phenols is 1. The smallest absolute Gasteiger partial charge is 0.508 e. The SMILES string of the molecule is CCOC(=O)C(C)c1c(C)n(C(=O)c2ccc(OC(F)(F)F)cc2)c2ccc(O)cc12. The lowest BCUT2D eigenvalue weighted by molar-refractivity contribution is -0.274. The number of fused-ring (bicyclic) bond motifs is 1. The normalized spacial score (nSPS) is 12.6. The number of aromatic nitrogens is 1. The molecule has 0 bridgehead atoms. The van der Waals surface area contributed by atoms with Crippen LogP contribution in [-0.4, -0.2) is 34.5 Å². The summed E-state index contributed by atoms with van der Waals surface area (Å²) in [4.78, 5) is 25.6. The fourth-order valence-electron chi connectivity index (χ4n) is 3.55. The third kappa shape index (κ3) is 4.50. The molecule has 1 unspecified atom stereocenters. The second-order valence-corrected chi connectivity index (χ2v) is 6.89. The highest BCUT2D eigenvalue weighted by Crippen LogP contribution is 2.35. The van der Waals surface area contributed by atoms with Gasteiger partial charge in [0, 0.05) is 16.6 Å². The number of ether oxygens (including phenoxy) is 2. The second kappa shape index (κ2) is 8.33. The summed E-state index contributed by atoms with van der Waals surface area (Å²) in [5, 5.41) is 10.4. The number of hydrogen-bond acceptors (Lipinski definition) is 5. The molecule has 6 nitrogen and oxygen atoms in total. The van der Waals surface area contributed by atoms with Crippen LogP contribution in [0.15, 0.2) is 42.5 Å². The van der Waals surface area contributed by atoms with Crippen molar-refractivity contribution in [3.8, 4) is 11.5 Å². The predicted octanol–water partition coefficient (Wildman–Crippen LogP) is 4.91. The summed E-state index contributed by atoms with van der Waals surface area (Å²) in [5.74, 6) is -2.17. The Kier molecular flexibility index (Phi) is 5.97. The molecule has 0 amide bonds. The van der Waals surface area contributed by atoms with Gasteiger partial charge in [0.05, 0.1) is 18.0 Å². The molecule has 1 aromatic heterocycles. The topological polar surface area (TPSA) is 77.8 Å². The third-order valence-electron chi connectivity index (χ3n) is 4.85. The molecule has 0 radical (unpaired) electrons. The first-order valence-electron chi connectivity index (χ1n) is 9.44. The number of nitrogens with zero attached hydrogens (tertiary/aromatic N) is 1. The summed E-state index contributed by atoms with van der Waals surface area (Å²) in [6.45, 7) is 5.17. The molecule has 31 heavy (non-hydrogen) atoms. The molecule has 1 atom stereocenters. The number of esters is 1. The quantitative estimate of drug-likeness (QED) is 0.577. The number of carbonyl (C=O) groups is 2. The molecule has 9 heteroatoms. The first kappa shape index (κ1) is 22.2. The Labute approximate surface area is 175 Å². The number of rotatable bonds is 5. The van der Waals surface area contributed by atoms with Gasteiger partial charge in [-0.05, 0) is 68.8 Å². The standard InChI is InChI=1S/C22H20F3NO5/c1-4-30-21(29)12(2)19-13(3)26(18-10-7-15(27)11-17(18)19)20(28)14-5-8-16(9-6-14)31-22(23,24)25/h5-12,27H,4H2,1-3H3. The molecule has 0 saturated carbocycles. The maximum atomic E-state index is 13.2. The minimum atomic E-state index is -4.83. The molecule has 2 aromatic carbocycles. The summed E-state index contributed by atoms with van der Waals surface area (Å²) in [5.41, 5.74) is 1.55. The van der Waals surface area contributed by atoms with Crippen molar-refractivity contribution >= 4 is 22.8 Å². The van der Waals surface area contributed by atoms with Crippen LogP contribution in [-0.2, 0) is 9.53 Å². The predicted molar refractivity (Wildman–Crippen MR) is 106 cm³/mol. The summed E-state index contributed by atoms with van der Waals surface area (Å²) >= 11 is 0. The fourth-order valence-corrected chi connectivity index (χ4v) is 3.55. The van der Waals surface area contributed by atoms with Crippen molar-refractivity contribution in [2.24, 2.45) is 0 Å². The molecule has 0 aliphatic heterocycles. The van der Waals surface area contributed by atoms with E-state index in [2.05, 4.69) is 4.74 Å². The van der Waals surface area contributed by atoms with Crippen molar-refractivity contribution in [3.63, 3.8) is 0 Å². The van der Waals surface area contributed by atoms with E-state index in [9.17, 15) is 27.9 Å². The zero-order valence-corrected chi connectivity index (χ0v) is 17.0. The van der Waals surface area contributed by atoms with Gasteiger partial charge >= 0.3 is 12.3 Å². The molecular weight excluding hydrogens is 415 g/mol. The molecule has 3 aromatic rings. The van der Waals surface area contributed by atoms with E-state index in [-0.39, 0.29) is 17.9 Å². The van der Waals surface area contributed by atoms with Crippen LogP contribution < -0.4 is 4.74 Å². The maximum absolute atomic E-state index is 13.2. The second-order valence-electron chi connectivity index (χ2n) is 6.89. The Bertz CT molecular complexity index is 1130. The molecule has 0 saturated heterocycles. The van der Waals surface area contributed by atoms with Gasteiger partial charge in [0.15, 0.2) is 0 Å². The molecule has 1 heterocycles. The maximum Gasteiger partial charge on any atom is 0.573 e. The van der Waals surface area contributed by atoms with E-state index in [4.69, 9.17) is 4.74 Å². The van der Waals surface area contributed by atoms with Crippen molar-refractivity contribution in [2.45, 2.75) is 33.1 Å². The molecule has 0 aliphatic rings. The highest BCUT2D eigenvalue weighted by atomic mass is 19.4. The van der Waals surface area contributed by atoms with Crippen LogP contribution in [0.25, 0.3) is 10.9 Å². The Morgan fingerprint density at radius 3 is 2.35 bits per heavy atom. The van der Waals surface area contributed by atoms with Crippen LogP contribution in [0.1, 0.15) is 41.4 Å². The average molecular weight is 435 g/mol. The molecule has 0 fully saturated rings. The Morgan fingerprint density at radius 1 is 1.13 bits per heavy atom. The Hall–Kier alpha value is -3.49. The van der Waals surface area contributed by atoms with Crippen molar-refractivity contribution < 1.29 is 37.3 Å². The number of benzene rings is 2. The van der Waals surface area contributed by atoms with Crippen molar-refractivity contribution in [1.29, 1.82) is 0 Å². The highest BCUT2D eigenvalue weighted by Gasteiger charge is 2.31. The van der Waals surface area contributed by atoms with Gasteiger partial charge in [0.1, 0.15) is 11.5 Å². The van der Waals surface area contributed by atoms with E-state index in [1.807, 2.05) is 0 Å². The lowest BCUT2D eigenvalue weighted by Gasteiger charge is -2.12. The largest absolute Gasteiger partial charge is 0.573 e. The minimum Gasteiger partial charge on any atom is -0.508 e. The number of alkyl halides is 3. The van der Waals surface area contributed by atoms with Crippen molar-refractivity contribution in [3.05, 3.63) is 59.3 Å². The van der Waals surface area contributed by atoms with Crippen LogP contribution in [0, 0.1) is 6.92 Å². The molecule has 3 rings (SSSR count). The number of carbonyl (C=O) groups excluding carboxylic acids is 2. The van der Waals surface area contributed by atoms with Gasteiger partial charge in [-0.25, -0.2) is 0 Å². The van der Waals surface area contributed by atoms with Crippen LogP contribution in [0.4, 0.5) is 13.2 Å². The van der Waals surface area contributed by atoms with E-state index >= 15 is 0 Å². The summed E-state index contributed by atoms with van der Waals surface area (Å²) in [7, 11) is 0. The molecule has 0 spiro atoms. The van der Waals surface area contributed by atoms with Crippen LogP contribution in [0.5, 0.6) is 11.5 Å². The average Bonchev–Trinajstić information content (AvgIpc) is 2.97. The van der Waals surface area contributed by atoms with Crippen LogP contribution in [0.3, 0.4) is 0 Å². The van der Waals surface area contributed by atoms with Gasteiger partial charge in [-0.3, -0.25) is 14.2 Å². The minimum absolute atomic E-state index is 0.0388. The first-order chi connectivity index (χ1) is 14.5. The van der Waals surface area contributed by atoms with E-state index in [0.29, 0.717) is 22.2 Å². The van der Waals surface area contributed by atoms with Crippen LogP contribution in [0.2, 0.25) is 0 Å². The molecule has 164 valence electrons. The van der Waals surface area contributed by atoms with Crippen molar-refractivity contribution in [1.82, 2.24) is 4.57 Å². The molecule has 0 aliphatic carbocycles. The first-order valence-corrected chi connectivity index (χ1v) is 9.44. The number of aromatic hydroxyl groups is 1. The molecule has 1 N–H and O–H groups in total.